The molecule has 4 heteroatoms. The molecule has 0 amide bonds. The maximum Gasteiger partial charge on any atom is 0.301 e. The topological polar surface area (TPSA) is 41.3 Å². The first-order valence-electron chi connectivity index (χ1n) is 6.54. The van der Waals surface area contributed by atoms with E-state index in [0.29, 0.717) is 12.1 Å². The molecule has 1 N–H and O–H groups in total. The molecule has 0 aliphatic rings. The predicted molar refractivity (Wildman–Crippen MR) is 77.7 cm³/mol. The molecular weight excluding hydrogens is 238 g/mol. The van der Waals surface area contributed by atoms with Gasteiger partial charge in [0.15, 0.2) is 0 Å². The molecule has 0 fully saturated rings. The van der Waals surface area contributed by atoms with Crippen molar-refractivity contribution in [1.29, 1.82) is 0 Å². The number of nitrogens with one attached hydrogen (secondary N) is 1. The number of hydrogen-bond donors (Lipinski definition) is 1. The summed E-state index contributed by atoms with van der Waals surface area (Å²) in [6.07, 6.45) is 1.70. The molecule has 0 saturated carbocycles. The van der Waals surface area contributed by atoms with Gasteiger partial charge in [-0.25, -0.2) is 0 Å². The summed E-state index contributed by atoms with van der Waals surface area (Å²) in [6, 6.07) is 9.34. The average Bonchev–Trinajstić information content (AvgIpc) is 2.85. The summed E-state index contributed by atoms with van der Waals surface area (Å²) in [7, 11) is 1.95. The monoisotopic (exact) mass is 259 g/mol. The molecule has 0 radical (unpaired) electrons. The van der Waals surface area contributed by atoms with E-state index in [0.717, 1.165) is 17.9 Å². The van der Waals surface area contributed by atoms with Gasteiger partial charge >= 0.3 is 6.01 Å². The zero-order valence-corrected chi connectivity index (χ0v) is 12.0. The number of aromatic nitrogens is 1. The van der Waals surface area contributed by atoms with E-state index in [1.54, 1.807) is 6.26 Å². The molecule has 0 unspecified atom stereocenters. The first-order valence-corrected chi connectivity index (χ1v) is 6.54. The Balaban J connectivity index is 2.07. The number of anilines is 2. The normalized spacial score (nSPS) is 11.0. The van der Waals surface area contributed by atoms with Crippen LogP contribution in [0.1, 0.15) is 25.1 Å². The molecule has 1 aromatic heterocycles. The lowest BCUT2D eigenvalue weighted by atomic mass is 10.2. The van der Waals surface area contributed by atoms with Gasteiger partial charge in [0, 0.05) is 25.3 Å². The quantitative estimate of drug-likeness (QED) is 0.895. The van der Waals surface area contributed by atoms with E-state index < -0.39 is 0 Å². The first kappa shape index (κ1) is 13.6. The van der Waals surface area contributed by atoms with Gasteiger partial charge in [0.2, 0.25) is 0 Å². The van der Waals surface area contributed by atoms with E-state index in [1.807, 2.05) is 11.9 Å². The average molecular weight is 259 g/mol. The van der Waals surface area contributed by atoms with Gasteiger partial charge in [-0.2, -0.15) is 4.98 Å². The number of hydrogen-bond acceptors (Lipinski definition) is 4. The zero-order valence-electron chi connectivity index (χ0n) is 12.0. The minimum Gasteiger partial charge on any atom is -0.431 e. The van der Waals surface area contributed by atoms with Crippen LogP contribution in [-0.4, -0.2) is 18.1 Å². The number of rotatable bonds is 5. The van der Waals surface area contributed by atoms with Gasteiger partial charge in [0.1, 0.15) is 6.26 Å². The minimum absolute atomic E-state index is 0.440. The van der Waals surface area contributed by atoms with Crippen molar-refractivity contribution >= 4 is 11.7 Å². The SMILES string of the molecule is Cc1ccc(N(C)c2nc(CNC(C)C)co2)cc1. The summed E-state index contributed by atoms with van der Waals surface area (Å²) in [5.41, 5.74) is 3.23. The molecule has 2 aromatic rings. The van der Waals surface area contributed by atoms with Crippen molar-refractivity contribution in [1.82, 2.24) is 10.3 Å². The van der Waals surface area contributed by atoms with Crippen LogP contribution in [0.2, 0.25) is 0 Å². The van der Waals surface area contributed by atoms with Gasteiger partial charge in [-0.05, 0) is 19.1 Å². The highest BCUT2D eigenvalue weighted by molar-refractivity contribution is 5.55. The predicted octanol–water partition coefficient (Wildman–Crippen LogP) is 3.25. The van der Waals surface area contributed by atoms with Crippen molar-refractivity contribution in [2.75, 3.05) is 11.9 Å². The van der Waals surface area contributed by atoms with E-state index in [2.05, 4.69) is 55.3 Å². The lowest BCUT2D eigenvalue weighted by molar-refractivity contribution is 0.552. The number of nitrogens with zero attached hydrogens (tertiary/aromatic N) is 2. The fourth-order valence-corrected chi connectivity index (χ4v) is 1.72. The van der Waals surface area contributed by atoms with Crippen LogP contribution in [0.5, 0.6) is 0 Å². The number of aryl methyl sites for hydroxylation is 1. The fraction of sp³-hybridized carbons (Fsp3) is 0.400. The second-order valence-electron chi connectivity index (χ2n) is 5.05. The summed E-state index contributed by atoms with van der Waals surface area (Å²) >= 11 is 0. The molecule has 19 heavy (non-hydrogen) atoms. The highest BCUT2D eigenvalue weighted by atomic mass is 16.4. The van der Waals surface area contributed by atoms with E-state index in [9.17, 15) is 0 Å². The summed E-state index contributed by atoms with van der Waals surface area (Å²) in [6.45, 7) is 7.02. The number of oxazole rings is 1. The van der Waals surface area contributed by atoms with Gasteiger partial charge in [0.25, 0.3) is 0 Å². The van der Waals surface area contributed by atoms with Gasteiger partial charge in [-0.15, -0.1) is 0 Å². The summed E-state index contributed by atoms with van der Waals surface area (Å²) in [4.78, 5) is 6.42. The Morgan fingerprint density at radius 1 is 1.26 bits per heavy atom. The lowest BCUT2D eigenvalue weighted by Crippen LogP contribution is -2.22. The molecule has 0 bridgehead atoms. The van der Waals surface area contributed by atoms with E-state index in [-0.39, 0.29) is 0 Å². The largest absolute Gasteiger partial charge is 0.431 e. The summed E-state index contributed by atoms with van der Waals surface area (Å²) in [5.74, 6) is 0. The maximum atomic E-state index is 5.52. The maximum absolute atomic E-state index is 5.52. The molecular formula is C15H21N3O. The van der Waals surface area contributed by atoms with Crippen LogP contribution in [-0.2, 0) is 6.54 Å². The third-order valence-corrected chi connectivity index (χ3v) is 2.94. The van der Waals surface area contributed by atoms with Crippen LogP contribution in [0.15, 0.2) is 34.9 Å². The Hall–Kier alpha value is -1.81. The van der Waals surface area contributed by atoms with Crippen LogP contribution in [0.4, 0.5) is 11.7 Å². The van der Waals surface area contributed by atoms with Crippen molar-refractivity contribution in [3.8, 4) is 0 Å². The van der Waals surface area contributed by atoms with Crippen molar-refractivity contribution < 1.29 is 4.42 Å². The molecule has 2 rings (SSSR count). The molecule has 0 aliphatic carbocycles. The van der Waals surface area contributed by atoms with Gasteiger partial charge in [-0.1, -0.05) is 31.5 Å². The molecule has 0 spiro atoms. The second kappa shape index (κ2) is 5.89. The van der Waals surface area contributed by atoms with Crippen LogP contribution >= 0.6 is 0 Å². The Morgan fingerprint density at radius 2 is 1.95 bits per heavy atom. The van der Waals surface area contributed by atoms with Crippen LogP contribution < -0.4 is 10.2 Å². The fourth-order valence-electron chi connectivity index (χ4n) is 1.72. The Kier molecular flexibility index (Phi) is 4.22. The highest BCUT2D eigenvalue weighted by Crippen LogP contribution is 2.22. The van der Waals surface area contributed by atoms with Crippen LogP contribution in [0.25, 0.3) is 0 Å². The van der Waals surface area contributed by atoms with Gasteiger partial charge in [-0.3, -0.25) is 4.90 Å². The molecule has 102 valence electrons. The van der Waals surface area contributed by atoms with Crippen LogP contribution in [0.3, 0.4) is 0 Å². The smallest absolute Gasteiger partial charge is 0.301 e. The van der Waals surface area contributed by atoms with E-state index in [4.69, 9.17) is 4.42 Å². The van der Waals surface area contributed by atoms with Crippen LogP contribution in [0, 0.1) is 6.92 Å². The standard InChI is InChI=1S/C15H21N3O/c1-11(2)16-9-13-10-19-15(17-13)18(4)14-7-5-12(3)6-8-14/h5-8,10-11,16H,9H2,1-4H3. The first-order chi connectivity index (χ1) is 9.06. The molecule has 0 aliphatic heterocycles. The summed E-state index contributed by atoms with van der Waals surface area (Å²) in [5, 5.41) is 3.32. The van der Waals surface area contributed by atoms with E-state index in [1.165, 1.54) is 5.56 Å². The third-order valence-electron chi connectivity index (χ3n) is 2.94. The van der Waals surface area contributed by atoms with Crippen molar-refractivity contribution in [3.05, 3.63) is 41.8 Å². The Bertz CT molecular complexity index is 516. The third kappa shape index (κ3) is 3.58. The second-order valence-corrected chi connectivity index (χ2v) is 5.05. The van der Waals surface area contributed by atoms with Crippen molar-refractivity contribution in [2.45, 2.75) is 33.4 Å². The Morgan fingerprint density at radius 3 is 2.58 bits per heavy atom. The van der Waals surface area contributed by atoms with Gasteiger partial charge < -0.3 is 9.73 Å². The number of benzene rings is 1. The Labute approximate surface area is 114 Å². The van der Waals surface area contributed by atoms with Gasteiger partial charge in [0.05, 0.1) is 5.69 Å². The molecule has 1 aromatic carbocycles. The molecule has 1 heterocycles. The zero-order chi connectivity index (χ0) is 13.8. The highest BCUT2D eigenvalue weighted by Gasteiger charge is 2.10. The molecule has 0 atom stereocenters. The minimum atomic E-state index is 0.440. The molecule has 4 nitrogen and oxygen atoms in total. The molecule has 0 saturated heterocycles. The lowest BCUT2D eigenvalue weighted by Gasteiger charge is -2.14. The van der Waals surface area contributed by atoms with Crippen molar-refractivity contribution in [2.24, 2.45) is 0 Å². The van der Waals surface area contributed by atoms with E-state index >= 15 is 0 Å². The van der Waals surface area contributed by atoms with Crippen molar-refractivity contribution in [3.63, 3.8) is 0 Å². The summed E-state index contributed by atoms with van der Waals surface area (Å²) < 4.78 is 5.52.